The van der Waals surface area contributed by atoms with Crippen molar-refractivity contribution in [1.82, 2.24) is 4.90 Å². The van der Waals surface area contributed by atoms with Gasteiger partial charge in [0.1, 0.15) is 0 Å². The summed E-state index contributed by atoms with van der Waals surface area (Å²) in [5.74, 6) is 0.686. The van der Waals surface area contributed by atoms with Gasteiger partial charge in [-0.05, 0) is 6.92 Å². The van der Waals surface area contributed by atoms with E-state index in [1.54, 1.807) is 11.8 Å². The Morgan fingerprint density at radius 1 is 1.77 bits per heavy atom. The maximum atomic E-state index is 11.3. The van der Waals surface area contributed by atoms with E-state index in [4.69, 9.17) is 5.26 Å². The molecule has 0 atom stereocenters. The van der Waals surface area contributed by atoms with Gasteiger partial charge in [0.15, 0.2) is 0 Å². The van der Waals surface area contributed by atoms with Crippen LogP contribution in [0.3, 0.4) is 0 Å². The van der Waals surface area contributed by atoms with E-state index in [9.17, 15) is 9.90 Å². The van der Waals surface area contributed by atoms with E-state index in [1.807, 2.05) is 6.07 Å². The molecule has 1 aliphatic rings. The highest BCUT2D eigenvalue weighted by Gasteiger charge is 2.38. The second-order valence-electron chi connectivity index (χ2n) is 3.40. The molecular formula is C8H12N2O2S. The monoisotopic (exact) mass is 200 g/mol. The highest BCUT2D eigenvalue weighted by Crippen LogP contribution is 2.20. The molecule has 1 heterocycles. The van der Waals surface area contributed by atoms with Gasteiger partial charge in [-0.1, -0.05) is 0 Å². The standard InChI is InChI=1S/C8H12N2O2S/c1-8(12)5-10(6-8)7(11)4-13-3-2-9/h12H,3-6H2,1H3. The van der Waals surface area contributed by atoms with Crippen LogP contribution in [0.15, 0.2) is 0 Å². The van der Waals surface area contributed by atoms with Gasteiger partial charge in [-0.15, -0.1) is 11.8 Å². The molecule has 0 aromatic heterocycles. The molecule has 13 heavy (non-hydrogen) atoms. The summed E-state index contributed by atoms with van der Waals surface area (Å²) in [6, 6.07) is 1.96. The second kappa shape index (κ2) is 3.99. The number of thioether (sulfide) groups is 1. The van der Waals surface area contributed by atoms with E-state index in [2.05, 4.69) is 0 Å². The van der Waals surface area contributed by atoms with E-state index >= 15 is 0 Å². The van der Waals surface area contributed by atoms with Crippen molar-refractivity contribution < 1.29 is 9.90 Å². The SMILES string of the molecule is CC1(O)CN(C(=O)CSCC#N)C1. The molecule has 1 amide bonds. The van der Waals surface area contributed by atoms with Crippen LogP contribution >= 0.6 is 11.8 Å². The van der Waals surface area contributed by atoms with E-state index in [0.717, 1.165) is 0 Å². The lowest BCUT2D eigenvalue weighted by molar-refractivity contribution is -0.149. The summed E-state index contributed by atoms with van der Waals surface area (Å²) in [4.78, 5) is 12.9. The molecule has 0 aliphatic carbocycles. The number of aliphatic hydroxyl groups is 1. The maximum Gasteiger partial charge on any atom is 0.232 e. The Hall–Kier alpha value is -0.730. The Bertz CT molecular complexity index is 239. The van der Waals surface area contributed by atoms with Gasteiger partial charge in [0.05, 0.1) is 36.3 Å². The molecule has 0 spiro atoms. The van der Waals surface area contributed by atoms with Crippen LogP contribution in [0.5, 0.6) is 0 Å². The van der Waals surface area contributed by atoms with Crippen LogP contribution in [0.1, 0.15) is 6.92 Å². The van der Waals surface area contributed by atoms with E-state index in [0.29, 0.717) is 24.6 Å². The van der Waals surface area contributed by atoms with Crippen LogP contribution in [0, 0.1) is 11.3 Å². The largest absolute Gasteiger partial charge is 0.386 e. The zero-order chi connectivity index (χ0) is 9.90. The number of hydrogen-bond acceptors (Lipinski definition) is 4. The first-order valence-corrected chi connectivity index (χ1v) is 5.15. The molecule has 4 nitrogen and oxygen atoms in total. The Kier molecular flexibility index (Phi) is 3.17. The van der Waals surface area contributed by atoms with Crippen LogP contribution in [-0.4, -0.2) is 46.1 Å². The average Bonchev–Trinajstić information content (AvgIpc) is 2.00. The molecular weight excluding hydrogens is 188 g/mol. The summed E-state index contributed by atoms with van der Waals surface area (Å²) in [5, 5.41) is 17.6. The van der Waals surface area contributed by atoms with E-state index < -0.39 is 5.60 Å². The third kappa shape index (κ3) is 2.90. The third-order valence-electron chi connectivity index (χ3n) is 1.81. The zero-order valence-electron chi connectivity index (χ0n) is 7.49. The van der Waals surface area contributed by atoms with Crippen LogP contribution in [-0.2, 0) is 4.79 Å². The van der Waals surface area contributed by atoms with Gasteiger partial charge in [-0.25, -0.2) is 0 Å². The Morgan fingerprint density at radius 3 is 2.85 bits per heavy atom. The fourth-order valence-corrected chi connectivity index (χ4v) is 1.78. The third-order valence-corrected chi connectivity index (χ3v) is 2.59. The number of carbonyl (C=O) groups is 1. The van der Waals surface area contributed by atoms with Crippen LogP contribution in [0.4, 0.5) is 0 Å². The minimum Gasteiger partial charge on any atom is -0.386 e. The van der Waals surface area contributed by atoms with Gasteiger partial charge >= 0.3 is 0 Å². The van der Waals surface area contributed by atoms with Gasteiger partial charge in [0.2, 0.25) is 5.91 Å². The van der Waals surface area contributed by atoms with Gasteiger partial charge in [-0.3, -0.25) is 4.79 Å². The first-order chi connectivity index (χ1) is 6.05. The zero-order valence-corrected chi connectivity index (χ0v) is 8.30. The van der Waals surface area contributed by atoms with E-state index in [1.165, 1.54) is 11.8 Å². The summed E-state index contributed by atoms with van der Waals surface area (Å²) in [6.07, 6.45) is 0. The average molecular weight is 200 g/mol. The van der Waals surface area contributed by atoms with Gasteiger partial charge in [-0.2, -0.15) is 5.26 Å². The van der Waals surface area contributed by atoms with Crippen molar-refractivity contribution in [1.29, 1.82) is 5.26 Å². The van der Waals surface area contributed by atoms with Gasteiger partial charge < -0.3 is 10.0 Å². The van der Waals surface area contributed by atoms with Gasteiger partial charge in [0.25, 0.3) is 0 Å². The minimum absolute atomic E-state index is 0.00627. The maximum absolute atomic E-state index is 11.3. The lowest BCUT2D eigenvalue weighted by Crippen LogP contribution is -2.62. The van der Waals surface area contributed by atoms with Gasteiger partial charge in [0, 0.05) is 0 Å². The van der Waals surface area contributed by atoms with Crippen LogP contribution in [0.25, 0.3) is 0 Å². The van der Waals surface area contributed by atoms with Crippen LogP contribution < -0.4 is 0 Å². The molecule has 1 saturated heterocycles. The summed E-state index contributed by atoms with van der Waals surface area (Å²) in [6.45, 7) is 2.54. The molecule has 1 rings (SSSR count). The number of carbonyl (C=O) groups excluding carboxylic acids is 1. The van der Waals surface area contributed by atoms with E-state index in [-0.39, 0.29) is 5.91 Å². The highest BCUT2D eigenvalue weighted by atomic mass is 32.2. The summed E-state index contributed by atoms with van der Waals surface area (Å²) >= 11 is 1.31. The van der Waals surface area contributed by atoms with Crippen molar-refractivity contribution in [2.24, 2.45) is 0 Å². The summed E-state index contributed by atoms with van der Waals surface area (Å²) in [5.41, 5.74) is -0.699. The molecule has 0 unspecified atom stereocenters. The predicted molar refractivity (Wildman–Crippen MR) is 50.1 cm³/mol. The fourth-order valence-electron chi connectivity index (χ4n) is 1.23. The minimum atomic E-state index is -0.699. The van der Waals surface area contributed by atoms with Crippen molar-refractivity contribution in [3.05, 3.63) is 0 Å². The van der Waals surface area contributed by atoms with Crippen molar-refractivity contribution in [2.45, 2.75) is 12.5 Å². The summed E-state index contributed by atoms with van der Waals surface area (Å²) in [7, 11) is 0. The molecule has 1 N–H and O–H groups in total. The lowest BCUT2D eigenvalue weighted by Gasteiger charge is -2.44. The number of β-amino-alcohol motifs (C(OH)–C–C–N with tert-alkyl or cyclic N) is 1. The Morgan fingerprint density at radius 2 is 2.38 bits per heavy atom. The molecule has 0 radical (unpaired) electrons. The van der Waals surface area contributed by atoms with Crippen molar-refractivity contribution in [2.75, 3.05) is 24.6 Å². The molecule has 0 aromatic rings. The molecule has 0 bridgehead atoms. The number of nitrogens with zero attached hydrogens (tertiary/aromatic N) is 2. The van der Waals surface area contributed by atoms with Crippen molar-refractivity contribution in [3.8, 4) is 6.07 Å². The van der Waals surface area contributed by atoms with Crippen molar-refractivity contribution >= 4 is 17.7 Å². The predicted octanol–water partition coefficient (Wildman–Crippen LogP) is -0.164. The quantitative estimate of drug-likeness (QED) is 0.643. The Labute approximate surface area is 81.5 Å². The molecule has 1 fully saturated rings. The molecule has 0 aromatic carbocycles. The number of likely N-dealkylation sites (tertiary alicyclic amines) is 1. The summed E-state index contributed by atoms with van der Waals surface area (Å²) < 4.78 is 0. The second-order valence-corrected chi connectivity index (χ2v) is 4.38. The molecule has 0 saturated carbocycles. The number of hydrogen-bond donors (Lipinski definition) is 1. The molecule has 72 valence electrons. The number of rotatable bonds is 3. The lowest BCUT2D eigenvalue weighted by atomic mass is 9.97. The fraction of sp³-hybridized carbons (Fsp3) is 0.750. The first kappa shape index (κ1) is 10.4. The van der Waals surface area contributed by atoms with Crippen molar-refractivity contribution in [3.63, 3.8) is 0 Å². The smallest absolute Gasteiger partial charge is 0.232 e. The molecule has 1 aliphatic heterocycles. The highest BCUT2D eigenvalue weighted by molar-refractivity contribution is 8.00. The first-order valence-electron chi connectivity index (χ1n) is 4.00. The van der Waals surface area contributed by atoms with Crippen LogP contribution in [0.2, 0.25) is 0 Å². The topological polar surface area (TPSA) is 64.3 Å². The Balaban J connectivity index is 2.17. The molecule has 5 heteroatoms. The number of amides is 1. The number of nitriles is 1. The normalized spacial score (nSPS) is 19.0.